The number of tetrazole rings is 1. The molecule has 6 nitrogen and oxygen atoms in total. The molecular formula is C14H19N5O. The molecule has 20 heavy (non-hydrogen) atoms. The zero-order chi connectivity index (χ0) is 14.0. The van der Waals surface area contributed by atoms with Gasteiger partial charge >= 0.3 is 0 Å². The van der Waals surface area contributed by atoms with Crippen LogP contribution < -0.4 is 5.32 Å². The Balaban J connectivity index is 1.68. The first kappa shape index (κ1) is 13.2. The molecule has 0 spiro atoms. The van der Waals surface area contributed by atoms with Crippen LogP contribution in [0.3, 0.4) is 0 Å². The monoisotopic (exact) mass is 273 g/mol. The Bertz CT molecular complexity index is 565. The number of rotatable bonds is 6. The molecular weight excluding hydrogens is 254 g/mol. The molecule has 2 aromatic rings. The lowest BCUT2D eigenvalue weighted by Crippen LogP contribution is -2.28. The van der Waals surface area contributed by atoms with Crippen molar-refractivity contribution in [2.75, 3.05) is 13.2 Å². The predicted molar refractivity (Wildman–Crippen MR) is 74.3 cm³/mol. The molecule has 0 aliphatic heterocycles. The smallest absolute Gasteiger partial charge is 0.143 e. The van der Waals surface area contributed by atoms with Crippen molar-refractivity contribution in [3.8, 4) is 5.69 Å². The average Bonchev–Trinajstić information content (AvgIpc) is 3.07. The van der Waals surface area contributed by atoms with E-state index in [2.05, 4.69) is 39.9 Å². The summed E-state index contributed by atoms with van der Waals surface area (Å²) >= 11 is 0. The van der Waals surface area contributed by atoms with Crippen LogP contribution in [0.4, 0.5) is 0 Å². The van der Waals surface area contributed by atoms with E-state index < -0.39 is 0 Å². The topological polar surface area (TPSA) is 75.9 Å². The van der Waals surface area contributed by atoms with Crippen LogP contribution in [0.25, 0.3) is 5.69 Å². The van der Waals surface area contributed by atoms with Gasteiger partial charge in [0.1, 0.15) is 6.33 Å². The number of benzene rings is 1. The lowest BCUT2D eigenvalue weighted by Gasteiger charge is -2.19. The van der Waals surface area contributed by atoms with Crippen molar-refractivity contribution >= 4 is 0 Å². The normalized spacial score (nSPS) is 17.9. The third-order valence-electron chi connectivity index (χ3n) is 4.06. The molecule has 1 heterocycles. The number of nitrogens with one attached hydrogen (secondary N) is 1. The standard InChI is InChI=1S/C14H19N5O/c1-11(15-8-14(9-20)5-6-14)12-3-2-4-13(7-12)19-10-16-17-18-19/h2-4,7,10-11,15,20H,5-6,8-9H2,1H3. The summed E-state index contributed by atoms with van der Waals surface area (Å²) in [4.78, 5) is 0. The fourth-order valence-corrected chi connectivity index (χ4v) is 2.27. The molecule has 1 aliphatic carbocycles. The fourth-order valence-electron chi connectivity index (χ4n) is 2.27. The number of aliphatic hydroxyl groups is 1. The molecule has 106 valence electrons. The zero-order valence-electron chi connectivity index (χ0n) is 11.5. The summed E-state index contributed by atoms with van der Waals surface area (Å²) in [6.07, 6.45) is 3.82. The Morgan fingerprint density at radius 2 is 2.30 bits per heavy atom. The van der Waals surface area contributed by atoms with Gasteiger partial charge in [0.15, 0.2) is 0 Å². The molecule has 1 unspecified atom stereocenters. The van der Waals surface area contributed by atoms with E-state index in [1.807, 2.05) is 12.1 Å². The Morgan fingerprint density at radius 1 is 1.45 bits per heavy atom. The summed E-state index contributed by atoms with van der Waals surface area (Å²) in [5, 5.41) is 24.0. The van der Waals surface area contributed by atoms with Gasteiger partial charge in [0.2, 0.25) is 0 Å². The first-order valence-corrected chi connectivity index (χ1v) is 6.90. The molecule has 0 radical (unpaired) electrons. The van der Waals surface area contributed by atoms with Crippen LogP contribution in [0.2, 0.25) is 0 Å². The van der Waals surface area contributed by atoms with Crippen LogP contribution in [0.1, 0.15) is 31.4 Å². The quantitative estimate of drug-likeness (QED) is 0.824. The van der Waals surface area contributed by atoms with E-state index >= 15 is 0 Å². The highest BCUT2D eigenvalue weighted by molar-refractivity contribution is 5.35. The van der Waals surface area contributed by atoms with E-state index in [4.69, 9.17) is 0 Å². The van der Waals surface area contributed by atoms with Gasteiger partial charge < -0.3 is 10.4 Å². The fraction of sp³-hybridized carbons (Fsp3) is 0.500. The maximum atomic E-state index is 9.34. The third kappa shape index (κ3) is 2.71. The van der Waals surface area contributed by atoms with Gasteiger partial charge in [-0.1, -0.05) is 12.1 Å². The van der Waals surface area contributed by atoms with E-state index in [-0.39, 0.29) is 18.1 Å². The minimum absolute atomic E-state index is 0.127. The van der Waals surface area contributed by atoms with E-state index in [9.17, 15) is 5.11 Å². The van der Waals surface area contributed by atoms with Crippen molar-refractivity contribution in [2.45, 2.75) is 25.8 Å². The minimum Gasteiger partial charge on any atom is -0.396 e. The van der Waals surface area contributed by atoms with Crippen molar-refractivity contribution in [3.05, 3.63) is 36.2 Å². The van der Waals surface area contributed by atoms with Gasteiger partial charge in [0.25, 0.3) is 0 Å². The predicted octanol–water partition coefficient (Wildman–Crippen LogP) is 1.09. The first-order valence-electron chi connectivity index (χ1n) is 6.90. The van der Waals surface area contributed by atoms with Crippen molar-refractivity contribution < 1.29 is 5.11 Å². The number of hydrogen-bond acceptors (Lipinski definition) is 5. The lowest BCUT2D eigenvalue weighted by molar-refractivity contribution is 0.204. The van der Waals surface area contributed by atoms with Crippen LogP contribution in [0.5, 0.6) is 0 Å². The summed E-state index contributed by atoms with van der Waals surface area (Å²) in [5.41, 5.74) is 2.26. The molecule has 6 heteroatoms. The van der Waals surface area contributed by atoms with Gasteiger partial charge in [0, 0.05) is 24.6 Å². The molecule has 1 aliphatic rings. The number of hydrogen-bond donors (Lipinski definition) is 2. The van der Waals surface area contributed by atoms with Gasteiger partial charge in [-0.3, -0.25) is 0 Å². The van der Waals surface area contributed by atoms with E-state index in [1.54, 1.807) is 11.0 Å². The van der Waals surface area contributed by atoms with Crippen molar-refractivity contribution in [1.29, 1.82) is 0 Å². The highest BCUT2D eigenvalue weighted by Gasteiger charge is 2.41. The summed E-state index contributed by atoms with van der Waals surface area (Å²) in [6.45, 7) is 3.27. The van der Waals surface area contributed by atoms with E-state index in [0.29, 0.717) is 0 Å². The molecule has 1 saturated carbocycles. The molecule has 3 rings (SSSR count). The summed E-state index contributed by atoms with van der Waals surface area (Å²) < 4.78 is 1.65. The van der Waals surface area contributed by atoms with E-state index in [0.717, 1.165) is 25.1 Å². The summed E-state index contributed by atoms with van der Waals surface area (Å²) in [7, 11) is 0. The highest BCUT2D eigenvalue weighted by atomic mass is 16.3. The molecule has 0 amide bonds. The molecule has 2 N–H and O–H groups in total. The first-order chi connectivity index (χ1) is 9.72. The van der Waals surface area contributed by atoms with Crippen molar-refractivity contribution in [3.63, 3.8) is 0 Å². The van der Waals surface area contributed by atoms with Gasteiger partial charge in [0.05, 0.1) is 5.69 Å². The number of aromatic nitrogens is 4. The molecule has 0 saturated heterocycles. The Labute approximate surface area is 117 Å². The molecule has 1 aromatic carbocycles. The van der Waals surface area contributed by atoms with Crippen LogP contribution in [0.15, 0.2) is 30.6 Å². The second kappa shape index (κ2) is 5.30. The second-order valence-corrected chi connectivity index (χ2v) is 5.61. The van der Waals surface area contributed by atoms with Gasteiger partial charge in [-0.2, -0.15) is 0 Å². The maximum absolute atomic E-state index is 9.34. The van der Waals surface area contributed by atoms with E-state index in [1.165, 1.54) is 5.56 Å². The molecule has 0 bridgehead atoms. The largest absolute Gasteiger partial charge is 0.396 e. The Hall–Kier alpha value is -1.79. The average molecular weight is 273 g/mol. The molecule has 1 aromatic heterocycles. The lowest BCUT2D eigenvalue weighted by atomic mass is 10.0. The van der Waals surface area contributed by atoms with Crippen LogP contribution in [-0.4, -0.2) is 38.5 Å². The van der Waals surface area contributed by atoms with Crippen molar-refractivity contribution in [1.82, 2.24) is 25.5 Å². The zero-order valence-corrected chi connectivity index (χ0v) is 11.5. The highest BCUT2D eigenvalue weighted by Crippen LogP contribution is 2.44. The van der Waals surface area contributed by atoms with Gasteiger partial charge in [-0.25, -0.2) is 4.68 Å². The molecule has 1 atom stereocenters. The van der Waals surface area contributed by atoms with Gasteiger partial charge in [-0.05, 0) is 47.9 Å². The second-order valence-electron chi connectivity index (χ2n) is 5.61. The minimum atomic E-state index is 0.127. The Kier molecular flexibility index (Phi) is 3.50. The molecule has 1 fully saturated rings. The van der Waals surface area contributed by atoms with Crippen molar-refractivity contribution in [2.24, 2.45) is 5.41 Å². The maximum Gasteiger partial charge on any atom is 0.143 e. The number of aliphatic hydroxyl groups excluding tert-OH is 1. The van der Waals surface area contributed by atoms with Crippen LogP contribution in [0, 0.1) is 5.41 Å². The summed E-state index contributed by atoms with van der Waals surface area (Å²) in [6, 6.07) is 8.37. The SMILES string of the molecule is CC(NCC1(CO)CC1)c1cccc(-n2cnnn2)c1. The summed E-state index contributed by atoms with van der Waals surface area (Å²) in [5.74, 6) is 0. The van der Waals surface area contributed by atoms with Gasteiger partial charge in [-0.15, -0.1) is 5.10 Å². The third-order valence-corrected chi connectivity index (χ3v) is 4.06. The van der Waals surface area contributed by atoms with Crippen LogP contribution >= 0.6 is 0 Å². The number of nitrogens with zero attached hydrogens (tertiary/aromatic N) is 4. The van der Waals surface area contributed by atoms with Crippen LogP contribution in [-0.2, 0) is 0 Å². The Morgan fingerprint density at radius 3 is 2.95 bits per heavy atom.